The van der Waals surface area contributed by atoms with Crippen LogP contribution in [0.5, 0.6) is 0 Å². The Morgan fingerprint density at radius 2 is 2.21 bits per heavy atom. The van der Waals surface area contributed by atoms with Crippen molar-refractivity contribution in [2.75, 3.05) is 0 Å². The zero-order valence-electron chi connectivity index (χ0n) is 8.92. The molecule has 14 heavy (non-hydrogen) atoms. The van der Waals surface area contributed by atoms with Crippen LogP contribution in [0.2, 0.25) is 0 Å². The first-order valence-corrected chi connectivity index (χ1v) is 5.71. The molecule has 0 atom stereocenters. The van der Waals surface area contributed by atoms with Crippen LogP contribution in [0.25, 0.3) is 0 Å². The van der Waals surface area contributed by atoms with E-state index < -0.39 is 0 Å². The van der Waals surface area contributed by atoms with Gasteiger partial charge >= 0.3 is 0 Å². The molecule has 0 saturated heterocycles. The van der Waals surface area contributed by atoms with Crippen LogP contribution in [0, 0.1) is 5.41 Å². The maximum Gasteiger partial charge on any atom is 0.135 e. The summed E-state index contributed by atoms with van der Waals surface area (Å²) in [5.74, 6) is 0.490. The van der Waals surface area contributed by atoms with E-state index in [2.05, 4.69) is 25.8 Å². The average Bonchev–Trinajstić information content (AvgIpc) is 2.49. The molecule has 3 N–H and O–H groups in total. The van der Waals surface area contributed by atoms with E-state index in [0.29, 0.717) is 5.92 Å². The SMILES string of the molecule is CCCc1nc(C(C)C)c(C(=N)N)s1. The third-order valence-electron chi connectivity index (χ3n) is 1.95. The lowest BCUT2D eigenvalue weighted by atomic mass is 10.1. The van der Waals surface area contributed by atoms with Crippen molar-refractivity contribution in [3.05, 3.63) is 15.6 Å². The lowest BCUT2D eigenvalue weighted by Gasteiger charge is -2.02. The molecule has 1 heterocycles. The molecule has 0 aliphatic carbocycles. The second-order valence-corrected chi connectivity index (χ2v) is 4.72. The lowest BCUT2D eigenvalue weighted by Crippen LogP contribution is -2.12. The Bertz CT molecular complexity index is 328. The highest BCUT2D eigenvalue weighted by atomic mass is 32.1. The smallest absolute Gasteiger partial charge is 0.135 e. The molecule has 4 heteroatoms. The Balaban J connectivity index is 3.06. The van der Waals surface area contributed by atoms with Gasteiger partial charge in [0, 0.05) is 0 Å². The Kier molecular flexibility index (Phi) is 3.63. The van der Waals surface area contributed by atoms with Crippen molar-refractivity contribution in [1.82, 2.24) is 4.98 Å². The van der Waals surface area contributed by atoms with E-state index in [1.165, 1.54) is 0 Å². The standard InChI is InChI=1S/C10H17N3S/c1-4-5-7-13-8(6(2)3)9(14-7)10(11)12/h6H,4-5H2,1-3H3,(H3,11,12). The third-order valence-corrected chi connectivity index (χ3v) is 3.12. The van der Waals surface area contributed by atoms with Crippen LogP contribution in [-0.2, 0) is 6.42 Å². The Morgan fingerprint density at radius 3 is 2.57 bits per heavy atom. The van der Waals surface area contributed by atoms with Gasteiger partial charge < -0.3 is 5.73 Å². The van der Waals surface area contributed by atoms with Gasteiger partial charge in [0.15, 0.2) is 0 Å². The van der Waals surface area contributed by atoms with Gasteiger partial charge in [-0.15, -0.1) is 11.3 Å². The van der Waals surface area contributed by atoms with E-state index in [1.807, 2.05) is 0 Å². The number of nitrogens with two attached hydrogens (primary N) is 1. The molecular formula is C10H17N3S. The van der Waals surface area contributed by atoms with Gasteiger partial charge in [-0.1, -0.05) is 20.8 Å². The summed E-state index contributed by atoms with van der Waals surface area (Å²) in [6, 6.07) is 0. The molecule has 1 aromatic heterocycles. The number of aromatic nitrogens is 1. The molecule has 0 bridgehead atoms. The quantitative estimate of drug-likeness (QED) is 0.593. The number of thiazole rings is 1. The average molecular weight is 211 g/mol. The highest BCUT2D eigenvalue weighted by Crippen LogP contribution is 2.25. The number of aryl methyl sites for hydroxylation is 1. The van der Waals surface area contributed by atoms with Crippen molar-refractivity contribution in [3.8, 4) is 0 Å². The van der Waals surface area contributed by atoms with Crippen LogP contribution in [-0.4, -0.2) is 10.8 Å². The van der Waals surface area contributed by atoms with Crippen molar-refractivity contribution >= 4 is 17.2 Å². The second kappa shape index (κ2) is 4.55. The summed E-state index contributed by atoms with van der Waals surface area (Å²) in [6.07, 6.45) is 2.07. The van der Waals surface area contributed by atoms with Crippen molar-refractivity contribution in [3.63, 3.8) is 0 Å². The zero-order valence-corrected chi connectivity index (χ0v) is 9.74. The number of nitrogens with one attached hydrogen (secondary N) is 1. The topological polar surface area (TPSA) is 62.8 Å². The number of hydrogen-bond donors (Lipinski definition) is 2. The molecule has 1 aromatic rings. The first kappa shape index (κ1) is 11.2. The number of nitrogen functional groups attached to an aromatic ring is 1. The van der Waals surface area contributed by atoms with Crippen molar-refractivity contribution in [1.29, 1.82) is 5.41 Å². The van der Waals surface area contributed by atoms with Gasteiger partial charge in [-0.2, -0.15) is 0 Å². The zero-order chi connectivity index (χ0) is 10.7. The van der Waals surface area contributed by atoms with Crippen LogP contribution < -0.4 is 5.73 Å². The predicted octanol–water partition coefficient (Wildman–Crippen LogP) is 2.50. The highest BCUT2D eigenvalue weighted by molar-refractivity contribution is 7.13. The fourth-order valence-electron chi connectivity index (χ4n) is 1.28. The minimum Gasteiger partial charge on any atom is -0.383 e. The first-order chi connectivity index (χ1) is 6.56. The van der Waals surface area contributed by atoms with E-state index >= 15 is 0 Å². The Hall–Kier alpha value is -0.900. The molecule has 0 aliphatic rings. The summed E-state index contributed by atoms with van der Waals surface area (Å²) in [5.41, 5.74) is 6.49. The van der Waals surface area contributed by atoms with Gasteiger partial charge in [0.2, 0.25) is 0 Å². The maximum atomic E-state index is 7.46. The molecule has 3 nitrogen and oxygen atoms in total. The Labute approximate surface area is 88.9 Å². The summed E-state index contributed by atoms with van der Waals surface area (Å²) in [7, 11) is 0. The van der Waals surface area contributed by atoms with Crippen molar-refractivity contribution in [2.24, 2.45) is 5.73 Å². The maximum absolute atomic E-state index is 7.46. The number of amidine groups is 1. The molecule has 78 valence electrons. The summed E-state index contributed by atoms with van der Waals surface area (Å²) in [5, 5.41) is 8.56. The number of rotatable bonds is 4. The Morgan fingerprint density at radius 1 is 1.57 bits per heavy atom. The largest absolute Gasteiger partial charge is 0.383 e. The van der Waals surface area contributed by atoms with E-state index in [4.69, 9.17) is 11.1 Å². The molecule has 0 fully saturated rings. The van der Waals surface area contributed by atoms with Gasteiger partial charge in [-0.25, -0.2) is 4.98 Å². The van der Waals surface area contributed by atoms with E-state index in [-0.39, 0.29) is 5.84 Å². The second-order valence-electron chi connectivity index (χ2n) is 3.64. The molecular weight excluding hydrogens is 194 g/mol. The molecule has 0 spiro atoms. The summed E-state index contributed by atoms with van der Waals surface area (Å²) >= 11 is 1.56. The van der Waals surface area contributed by atoms with Crippen molar-refractivity contribution < 1.29 is 0 Å². The molecule has 1 rings (SSSR count). The minimum absolute atomic E-state index is 0.147. The summed E-state index contributed by atoms with van der Waals surface area (Å²) < 4.78 is 0. The van der Waals surface area contributed by atoms with E-state index in [0.717, 1.165) is 28.4 Å². The van der Waals surface area contributed by atoms with Crippen LogP contribution in [0.3, 0.4) is 0 Å². The van der Waals surface area contributed by atoms with Crippen molar-refractivity contribution in [2.45, 2.75) is 39.5 Å². The normalized spacial score (nSPS) is 10.9. The van der Waals surface area contributed by atoms with Gasteiger partial charge in [-0.05, 0) is 18.8 Å². The van der Waals surface area contributed by atoms with Crippen LogP contribution >= 0.6 is 11.3 Å². The van der Waals surface area contributed by atoms with Crippen LogP contribution in [0.4, 0.5) is 0 Å². The van der Waals surface area contributed by atoms with Crippen LogP contribution in [0.1, 0.15) is 48.7 Å². The molecule has 0 aliphatic heterocycles. The highest BCUT2D eigenvalue weighted by Gasteiger charge is 2.15. The monoisotopic (exact) mass is 211 g/mol. The van der Waals surface area contributed by atoms with Gasteiger partial charge in [0.05, 0.1) is 15.6 Å². The summed E-state index contributed by atoms with van der Waals surface area (Å²) in [6.45, 7) is 6.29. The fourth-order valence-corrected chi connectivity index (χ4v) is 2.46. The van der Waals surface area contributed by atoms with Crippen LogP contribution in [0.15, 0.2) is 0 Å². The lowest BCUT2D eigenvalue weighted by molar-refractivity contribution is 0.810. The fraction of sp³-hybridized carbons (Fsp3) is 0.600. The molecule has 0 aromatic carbocycles. The third kappa shape index (κ3) is 2.32. The number of hydrogen-bond acceptors (Lipinski definition) is 3. The molecule has 0 amide bonds. The molecule has 0 radical (unpaired) electrons. The molecule has 0 unspecified atom stereocenters. The predicted molar refractivity (Wildman–Crippen MR) is 61.2 cm³/mol. The van der Waals surface area contributed by atoms with Gasteiger partial charge in [-0.3, -0.25) is 5.41 Å². The molecule has 0 saturated carbocycles. The number of nitrogens with zero attached hydrogens (tertiary/aromatic N) is 1. The van der Waals surface area contributed by atoms with Gasteiger partial charge in [0.25, 0.3) is 0 Å². The van der Waals surface area contributed by atoms with E-state index in [1.54, 1.807) is 11.3 Å². The first-order valence-electron chi connectivity index (χ1n) is 4.90. The van der Waals surface area contributed by atoms with E-state index in [9.17, 15) is 0 Å². The minimum atomic E-state index is 0.147. The summed E-state index contributed by atoms with van der Waals surface area (Å²) in [4.78, 5) is 5.37. The van der Waals surface area contributed by atoms with Gasteiger partial charge in [0.1, 0.15) is 5.84 Å².